The summed E-state index contributed by atoms with van der Waals surface area (Å²) in [6, 6.07) is 9.13. The summed E-state index contributed by atoms with van der Waals surface area (Å²) in [5.41, 5.74) is -0.979. The first-order valence-electron chi connectivity index (χ1n) is 7.03. The second kappa shape index (κ2) is 7.25. The summed E-state index contributed by atoms with van der Waals surface area (Å²) in [7, 11) is 1.28. The van der Waals surface area contributed by atoms with E-state index in [9.17, 15) is 26.3 Å². The molecule has 0 unspecified atom stereocenters. The molecule has 135 valence electrons. The van der Waals surface area contributed by atoms with Crippen molar-refractivity contribution in [3.05, 3.63) is 59.2 Å². The molecule has 0 bridgehead atoms. The molecule has 0 spiro atoms. The lowest BCUT2D eigenvalue weighted by Gasteiger charge is -2.16. The van der Waals surface area contributed by atoms with E-state index in [0.717, 1.165) is 24.3 Å². The number of ether oxygens (including phenoxy) is 2. The maximum Gasteiger partial charge on any atom is 0.416 e. The standard InChI is InChI=1S/C17H13F6O2/c1-24-14-7-6-13(17(21,22)23)8-12(14)10-25-15-5-3-2-4-11(15)9-16(18,19)20/h3-8H,9-10H2,1H3. The van der Waals surface area contributed by atoms with Crippen LogP contribution in [0.4, 0.5) is 26.3 Å². The molecule has 0 atom stereocenters. The Labute approximate surface area is 140 Å². The summed E-state index contributed by atoms with van der Waals surface area (Å²) < 4.78 is 86.4. The molecule has 0 heterocycles. The van der Waals surface area contributed by atoms with Crippen molar-refractivity contribution in [1.29, 1.82) is 0 Å². The van der Waals surface area contributed by atoms with Gasteiger partial charge >= 0.3 is 12.4 Å². The van der Waals surface area contributed by atoms with Crippen LogP contribution in [0, 0.1) is 6.07 Å². The van der Waals surface area contributed by atoms with Gasteiger partial charge in [0.1, 0.15) is 18.1 Å². The van der Waals surface area contributed by atoms with Crippen LogP contribution in [-0.4, -0.2) is 13.3 Å². The zero-order valence-electron chi connectivity index (χ0n) is 13.0. The van der Waals surface area contributed by atoms with Gasteiger partial charge in [-0.15, -0.1) is 0 Å². The SMILES string of the molecule is COc1ccc(C(F)(F)F)cc1COc1cc[c]cc1CC(F)(F)F. The molecular weight excluding hydrogens is 350 g/mol. The van der Waals surface area contributed by atoms with Crippen LogP contribution in [0.25, 0.3) is 0 Å². The molecule has 0 N–H and O–H groups in total. The Bertz CT molecular complexity index is 722. The van der Waals surface area contributed by atoms with Crippen molar-refractivity contribution in [3.63, 3.8) is 0 Å². The Morgan fingerprint density at radius 1 is 0.960 bits per heavy atom. The Hall–Kier alpha value is -2.38. The monoisotopic (exact) mass is 363 g/mol. The number of rotatable bonds is 5. The van der Waals surface area contributed by atoms with Gasteiger partial charge in [0.2, 0.25) is 0 Å². The topological polar surface area (TPSA) is 18.5 Å². The van der Waals surface area contributed by atoms with E-state index in [1.54, 1.807) is 0 Å². The molecule has 0 saturated heterocycles. The minimum Gasteiger partial charge on any atom is -0.496 e. The Morgan fingerprint density at radius 3 is 2.28 bits per heavy atom. The second-order valence-electron chi connectivity index (χ2n) is 5.14. The van der Waals surface area contributed by atoms with Crippen LogP contribution in [0.3, 0.4) is 0 Å². The Kier molecular flexibility index (Phi) is 5.49. The molecule has 0 aliphatic rings. The molecule has 0 saturated carbocycles. The molecule has 2 aromatic rings. The number of benzene rings is 2. The van der Waals surface area contributed by atoms with Gasteiger partial charge in [0.05, 0.1) is 19.1 Å². The molecule has 0 amide bonds. The van der Waals surface area contributed by atoms with Gasteiger partial charge in [-0.2, -0.15) is 26.3 Å². The average Bonchev–Trinajstić information content (AvgIpc) is 2.51. The molecule has 0 aliphatic carbocycles. The van der Waals surface area contributed by atoms with Crippen molar-refractivity contribution >= 4 is 0 Å². The predicted molar refractivity (Wildman–Crippen MR) is 77.4 cm³/mol. The molecule has 8 heteroatoms. The Balaban J connectivity index is 2.24. The van der Waals surface area contributed by atoms with Crippen LogP contribution in [-0.2, 0) is 19.2 Å². The summed E-state index contributed by atoms with van der Waals surface area (Å²) in [6.07, 6.45) is -10.2. The van der Waals surface area contributed by atoms with Gasteiger partial charge in [-0.3, -0.25) is 0 Å². The number of methoxy groups -OCH3 is 1. The van der Waals surface area contributed by atoms with Crippen molar-refractivity contribution in [2.45, 2.75) is 25.4 Å². The fraction of sp³-hybridized carbons (Fsp3) is 0.294. The lowest BCUT2D eigenvalue weighted by atomic mass is 10.1. The van der Waals surface area contributed by atoms with Gasteiger partial charge in [0, 0.05) is 11.1 Å². The first kappa shape index (κ1) is 19.0. The van der Waals surface area contributed by atoms with Crippen molar-refractivity contribution in [3.8, 4) is 11.5 Å². The molecule has 2 aromatic carbocycles. The van der Waals surface area contributed by atoms with Crippen LogP contribution in [0.15, 0.2) is 36.4 Å². The molecule has 2 rings (SSSR count). The highest BCUT2D eigenvalue weighted by Crippen LogP contribution is 2.33. The van der Waals surface area contributed by atoms with E-state index in [0.29, 0.717) is 0 Å². The average molecular weight is 363 g/mol. The van der Waals surface area contributed by atoms with Crippen LogP contribution >= 0.6 is 0 Å². The normalized spacial score (nSPS) is 12.1. The second-order valence-corrected chi connectivity index (χ2v) is 5.14. The van der Waals surface area contributed by atoms with Crippen molar-refractivity contribution in [2.24, 2.45) is 0 Å². The fourth-order valence-corrected chi connectivity index (χ4v) is 2.17. The molecule has 0 aromatic heterocycles. The minimum absolute atomic E-state index is 0.0723. The zero-order chi connectivity index (χ0) is 18.7. The first-order chi connectivity index (χ1) is 11.6. The van der Waals surface area contributed by atoms with Crippen LogP contribution in [0.2, 0.25) is 0 Å². The smallest absolute Gasteiger partial charge is 0.416 e. The van der Waals surface area contributed by atoms with Gasteiger partial charge < -0.3 is 9.47 Å². The van der Waals surface area contributed by atoms with E-state index < -0.39 is 24.3 Å². The molecule has 0 aliphatic heterocycles. The molecule has 2 nitrogen and oxygen atoms in total. The number of hydrogen-bond donors (Lipinski definition) is 0. The molecule has 1 radical (unpaired) electrons. The lowest BCUT2D eigenvalue weighted by Crippen LogP contribution is -2.13. The number of alkyl halides is 6. The van der Waals surface area contributed by atoms with Crippen LogP contribution in [0.1, 0.15) is 16.7 Å². The minimum atomic E-state index is -4.55. The third-order valence-electron chi connectivity index (χ3n) is 3.29. The summed E-state index contributed by atoms with van der Waals surface area (Å²) >= 11 is 0. The molecule has 0 fully saturated rings. The number of halogens is 6. The third kappa shape index (κ3) is 5.30. The fourth-order valence-electron chi connectivity index (χ4n) is 2.17. The van der Waals surface area contributed by atoms with E-state index in [-0.39, 0.29) is 29.2 Å². The molecular formula is C17H13F6O2. The van der Waals surface area contributed by atoms with Gasteiger partial charge in [-0.25, -0.2) is 0 Å². The van der Waals surface area contributed by atoms with Crippen molar-refractivity contribution in [1.82, 2.24) is 0 Å². The van der Waals surface area contributed by atoms with Crippen molar-refractivity contribution in [2.75, 3.05) is 7.11 Å². The van der Waals surface area contributed by atoms with E-state index >= 15 is 0 Å². The van der Waals surface area contributed by atoms with Crippen molar-refractivity contribution < 1.29 is 35.8 Å². The highest BCUT2D eigenvalue weighted by molar-refractivity contribution is 5.39. The van der Waals surface area contributed by atoms with Gasteiger partial charge in [0.15, 0.2) is 0 Å². The Morgan fingerprint density at radius 2 is 1.68 bits per heavy atom. The van der Waals surface area contributed by atoms with E-state index in [2.05, 4.69) is 6.07 Å². The van der Waals surface area contributed by atoms with Gasteiger partial charge in [-0.05, 0) is 36.4 Å². The summed E-state index contributed by atoms with van der Waals surface area (Å²) in [4.78, 5) is 0. The number of hydrogen-bond acceptors (Lipinski definition) is 2. The highest BCUT2D eigenvalue weighted by Gasteiger charge is 2.31. The van der Waals surface area contributed by atoms with Crippen LogP contribution in [0.5, 0.6) is 11.5 Å². The van der Waals surface area contributed by atoms with E-state index in [1.165, 1.54) is 19.2 Å². The summed E-state index contributed by atoms with van der Waals surface area (Å²) in [5.74, 6) is 0.0726. The predicted octanol–water partition coefficient (Wildman–Crippen LogP) is 5.20. The summed E-state index contributed by atoms with van der Waals surface area (Å²) in [5, 5.41) is 0. The quantitative estimate of drug-likeness (QED) is 0.680. The highest BCUT2D eigenvalue weighted by atomic mass is 19.4. The van der Waals surface area contributed by atoms with Gasteiger partial charge in [0.25, 0.3) is 0 Å². The van der Waals surface area contributed by atoms with E-state index in [4.69, 9.17) is 9.47 Å². The maximum absolute atomic E-state index is 12.8. The zero-order valence-corrected chi connectivity index (χ0v) is 13.0. The maximum atomic E-state index is 12.8. The third-order valence-corrected chi connectivity index (χ3v) is 3.29. The lowest BCUT2D eigenvalue weighted by molar-refractivity contribution is -0.137. The largest absolute Gasteiger partial charge is 0.496 e. The van der Waals surface area contributed by atoms with E-state index in [1.807, 2.05) is 0 Å². The summed E-state index contributed by atoms with van der Waals surface area (Å²) in [6.45, 7) is -0.373. The molecule has 25 heavy (non-hydrogen) atoms. The first-order valence-corrected chi connectivity index (χ1v) is 7.03. The van der Waals surface area contributed by atoms with Crippen LogP contribution < -0.4 is 9.47 Å². The van der Waals surface area contributed by atoms with Gasteiger partial charge in [-0.1, -0.05) is 6.07 Å².